The number of H-pyrrole nitrogens is 1. The standard InChI is InChI=1S/C19H27N5O2S.HI/c1-4-20-18(24-10-11-27(25,26)19(2,3)14-24)22-13-17-21-12-16(23-17)15-8-6-5-7-9-15;/h5-9,12H,4,10-11,13-14H2,1-3H3,(H,20,22)(H,21,23);1H. The zero-order valence-corrected chi connectivity index (χ0v) is 19.6. The molecule has 154 valence electrons. The lowest BCUT2D eigenvalue weighted by Gasteiger charge is -2.39. The number of guanidine groups is 1. The molecule has 0 amide bonds. The van der Waals surface area contributed by atoms with Crippen LogP contribution in [-0.4, -0.2) is 59.4 Å². The highest BCUT2D eigenvalue weighted by Gasteiger charge is 2.40. The van der Waals surface area contributed by atoms with Gasteiger partial charge in [0.15, 0.2) is 15.8 Å². The number of rotatable bonds is 4. The molecule has 1 aliphatic rings. The molecule has 2 heterocycles. The smallest absolute Gasteiger partial charge is 0.194 e. The first-order chi connectivity index (χ1) is 12.8. The molecule has 0 radical (unpaired) electrons. The number of hydrogen-bond acceptors (Lipinski definition) is 4. The number of hydrogen-bond donors (Lipinski definition) is 2. The predicted molar refractivity (Wildman–Crippen MR) is 124 cm³/mol. The molecule has 7 nitrogen and oxygen atoms in total. The van der Waals surface area contributed by atoms with Crippen LogP contribution in [0.25, 0.3) is 11.3 Å². The summed E-state index contributed by atoms with van der Waals surface area (Å²) in [6.07, 6.45) is 1.81. The van der Waals surface area contributed by atoms with Crippen LogP contribution >= 0.6 is 24.0 Å². The Morgan fingerprint density at radius 1 is 1.32 bits per heavy atom. The molecule has 0 unspecified atom stereocenters. The van der Waals surface area contributed by atoms with Gasteiger partial charge in [0.25, 0.3) is 0 Å². The number of sulfone groups is 1. The van der Waals surface area contributed by atoms with E-state index in [-0.39, 0.29) is 29.7 Å². The Balaban J connectivity index is 0.00000280. The van der Waals surface area contributed by atoms with Gasteiger partial charge in [0.05, 0.1) is 22.4 Å². The van der Waals surface area contributed by atoms with E-state index < -0.39 is 14.6 Å². The molecular formula is C19H28IN5O2S. The van der Waals surface area contributed by atoms with Crippen LogP contribution < -0.4 is 5.32 Å². The Labute approximate surface area is 184 Å². The largest absolute Gasteiger partial charge is 0.357 e. The van der Waals surface area contributed by atoms with Gasteiger partial charge in [-0.25, -0.2) is 18.4 Å². The van der Waals surface area contributed by atoms with E-state index in [0.717, 1.165) is 29.6 Å². The average Bonchev–Trinajstić information content (AvgIpc) is 3.11. The molecule has 2 aromatic rings. The van der Waals surface area contributed by atoms with Crippen molar-refractivity contribution in [2.24, 2.45) is 4.99 Å². The van der Waals surface area contributed by atoms with Crippen molar-refractivity contribution in [1.82, 2.24) is 20.2 Å². The van der Waals surface area contributed by atoms with Crippen LogP contribution in [0, 0.1) is 0 Å². The highest BCUT2D eigenvalue weighted by atomic mass is 127. The van der Waals surface area contributed by atoms with Crippen LogP contribution in [-0.2, 0) is 16.4 Å². The van der Waals surface area contributed by atoms with Gasteiger partial charge >= 0.3 is 0 Å². The number of halogens is 1. The summed E-state index contributed by atoms with van der Waals surface area (Å²) in [4.78, 5) is 14.4. The Hall–Kier alpha value is -1.62. The zero-order valence-electron chi connectivity index (χ0n) is 16.5. The first-order valence-electron chi connectivity index (χ1n) is 9.17. The first kappa shape index (κ1) is 22.7. The number of benzene rings is 1. The summed E-state index contributed by atoms with van der Waals surface area (Å²) in [6, 6.07) is 10.0. The third kappa shape index (κ3) is 5.05. The second kappa shape index (κ2) is 9.25. The molecule has 0 bridgehead atoms. The second-order valence-electron chi connectivity index (χ2n) is 7.28. The summed E-state index contributed by atoms with van der Waals surface area (Å²) in [5.41, 5.74) is 2.03. The van der Waals surface area contributed by atoms with Crippen LogP contribution in [0.2, 0.25) is 0 Å². The number of aromatic nitrogens is 2. The number of aliphatic imine (C=N–C) groups is 1. The maximum Gasteiger partial charge on any atom is 0.194 e. The number of aromatic amines is 1. The number of nitrogens with one attached hydrogen (secondary N) is 2. The molecule has 28 heavy (non-hydrogen) atoms. The highest BCUT2D eigenvalue weighted by molar-refractivity contribution is 14.0. The van der Waals surface area contributed by atoms with E-state index in [1.54, 1.807) is 13.8 Å². The van der Waals surface area contributed by atoms with Crippen molar-refractivity contribution in [1.29, 1.82) is 0 Å². The Morgan fingerprint density at radius 2 is 2.04 bits per heavy atom. The van der Waals surface area contributed by atoms with E-state index in [1.807, 2.05) is 48.4 Å². The molecule has 1 aromatic heterocycles. The fourth-order valence-corrected chi connectivity index (χ4v) is 4.47. The quantitative estimate of drug-likeness (QED) is 0.370. The maximum atomic E-state index is 12.2. The minimum Gasteiger partial charge on any atom is -0.357 e. The van der Waals surface area contributed by atoms with Gasteiger partial charge in [0.2, 0.25) is 0 Å². The third-order valence-electron chi connectivity index (χ3n) is 4.77. The highest BCUT2D eigenvalue weighted by Crippen LogP contribution is 2.24. The number of nitrogens with zero attached hydrogens (tertiary/aromatic N) is 3. The lowest BCUT2D eigenvalue weighted by molar-refractivity contribution is 0.353. The zero-order chi connectivity index (χ0) is 19.5. The van der Waals surface area contributed by atoms with Crippen molar-refractivity contribution in [2.75, 3.05) is 25.4 Å². The molecule has 2 N–H and O–H groups in total. The van der Waals surface area contributed by atoms with Crippen molar-refractivity contribution in [3.05, 3.63) is 42.4 Å². The van der Waals surface area contributed by atoms with Crippen LogP contribution in [0.3, 0.4) is 0 Å². The molecule has 0 spiro atoms. The van der Waals surface area contributed by atoms with Crippen molar-refractivity contribution >= 4 is 39.8 Å². The first-order valence-corrected chi connectivity index (χ1v) is 10.8. The summed E-state index contributed by atoms with van der Waals surface area (Å²) in [7, 11) is -3.08. The van der Waals surface area contributed by atoms with Gasteiger partial charge in [0.1, 0.15) is 12.4 Å². The Morgan fingerprint density at radius 3 is 2.68 bits per heavy atom. The van der Waals surface area contributed by atoms with Crippen molar-refractivity contribution < 1.29 is 8.42 Å². The molecule has 1 fully saturated rings. The second-order valence-corrected chi connectivity index (χ2v) is 10.0. The van der Waals surface area contributed by atoms with Gasteiger partial charge in [-0.3, -0.25) is 0 Å². The Bertz CT molecular complexity index is 909. The van der Waals surface area contributed by atoms with Gasteiger partial charge < -0.3 is 15.2 Å². The fourth-order valence-electron chi connectivity index (χ4n) is 3.11. The van der Waals surface area contributed by atoms with E-state index in [2.05, 4.69) is 20.3 Å². The van der Waals surface area contributed by atoms with Crippen LogP contribution in [0.1, 0.15) is 26.6 Å². The van der Waals surface area contributed by atoms with E-state index in [1.165, 1.54) is 0 Å². The van der Waals surface area contributed by atoms with Gasteiger partial charge in [-0.05, 0) is 26.3 Å². The predicted octanol–water partition coefficient (Wildman–Crippen LogP) is 2.67. The molecule has 0 atom stereocenters. The average molecular weight is 517 g/mol. The van der Waals surface area contributed by atoms with Crippen molar-refractivity contribution in [2.45, 2.75) is 32.1 Å². The van der Waals surface area contributed by atoms with Gasteiger partial charge in [-0.1, -0.05) is 30.3 Å². The minimum atomic E-state index is -3.08. The summed E-state index contributed by atoms with van der Waals surface area (Å²) < 4.78 is 23.7. The van der Waals surface area contributed by atoms with Crippen LogP contribution in [0.15, 0.2) is 41.5 Å². The summed E-state index contributed by atoms with van der Waals surface area (Å²) >= 11 is 0. The van der Waals surface area contributed by atoms with E-state index in [4.69, 9.17) is 0 Å². The van der Waals surface area contributed by atoms with Crippen LogP contribution in [0.4, 0.5) is 0 Å². The summed E-state index contributed by atoms with van der Waals surface area (Å²) in [6.45, 7) is 7.55. The molecule has 1 saturated heterocycles. The SMILES string of the molecule is CCNC(=NCc1ncc(-c2ccccc2)[nH]1)N1CCS(=O)(=O)C(C)(C)C1.I. The number of imidazole rings is 1. The third-order valence-corrected chi connectivity index (χ3v) is 7.30. The van der Waals surface area contributed by atoms with Gasteiger partial charge in [0, 0.05) is 19.6 Å². The fraction of sp³-hybridized carbons (Fsp3) is 0.474. The van der Waals surface area contributed by atoms with E-state index in [9.17, 15) is 8.42 Å². The van der Waals surface area contributed by atoms with Gasteiger partial charge in [-0.15, -0.1) is 24.0 Å². The van der Waals surface area contributed by atoms with Crippen molar-refractivity contribution in [3.63, 3.8) is 0 Å². The van der Waals surface area contributed by atoms with Crippen LogP contribution in [0.5, 0.6) is 0 Å². The normalized spacial score (nSPS) is 18.4. The Kier molecular flexibility index (Phi) is 7.49. The minimum absolute atomic E-state index is 0. The molecule has 9 heteroatoms. The molecule has 0 aliphatic carbocycles. The lowest BCUT2D eigenvalue weighted by atomic mass is 10.2. The maximum absolute atomic E-state index is 12.2. The topological polar surface area (TPSA) is 90.4 Å². The van der Waals surface area contributed by atoms with E-state index in [0.29, 0.717) is 19.6 Å². The molecule has 3 rings (SSSR count). The monoisotopic (exact) mass is 517 g/mol. The van der Waals surface area contributed by atoms with Gasteiger partial charge in [-0.2, -0.15) is 0 Å². The molecular weight excluding hydrogens is 489 g/mol. The molecule has 1 aromatic carbocycles. The molecule has 0 saturated carbocycles. The lowest BCUT2D eigenvalue weighted by Crippen LogP contribution is -2.57. The molecule has 1 aliphatic heterocycles. The summed E-state index contributed by atoms with van der Waals surface area (Å²) in [5, 5.41) is 3.27. The summed E-state index contributed by atoms with van der Waals surface area (Å²) in [5.74, 6) is 1.63. The van der Waals surface area contributed by atoms with Crippen molar-refractivity contribution in [3.8, 4) is 11.3 Å². The van der Waals surface area contributed by atoms with E-state index >= 15 is 0 Å².